The Morgan fingerprint density at radius 3 is 2.62 bits per heavy atom. The van der Waals surface area contributed by atoms with Crippen molar-refractivity contribution in [2.75, 3.05) is 5.32 Å². The molecule has 0 radical (unpaired) electrons. The largest absolute Gasteiger partial charge is 0.507 e. The molecule has 0 bridgehead atoms. The highest BCUT2D eigenvalue weighted by Gasteiger charge is 2.16. The molecule has 1 aromatic heterocycles. The summed E-state index contributed by atoms with van der Waals surface area (Å²) in [6.45, 7) is 0. The Morgan fingerprint density at radius 1 is 1.15 bits per heavy atom. The molecule has 0 atom stereocenters. The van der Waals surface area contributed by atoms with Gasteiger partial charge in [0.1, 0.15) is 11.6 Å². The van der Waals surface area contributed by atoms with Gasteiger partial charge in [0.05, 0.1) is 17.6 Å². The second kappa shape index (κ2) is 6.55. The zero-order chi connectivity index (χ0) is 18.8. The maximum Gasteiger partial charge on any atom is 0.316 e. The molecule has 0 saturated heterocycles. The number of phenols is 1. The van der Waals surface area contributed by atoms with Crippen molar-refractivity contribution in [3.8, 4) is 22.6 Å². The first kappa shape index (κ1) is 17.0. The number of nitrogens with one attached hydrogen (secondary N) is 1. The van der Waals surface area contributed by atoms with E-state index in [1.165, 1.54) is 23.0 Å². The number of amides is 3. The van der Waals surface area contributed by atoms with E-state index in [1.807, 2.05) is 0 Å². The second-order valence-electron chi connectivity index (χ2n) is 5.40. The number of hydrogen-bond donors (Lipinski definition) is 4. The van der Waals surface area contributed by atoms with Gasteiger partial charge in [0.2, 0.25) is 0 Å². The molecular weight excluding hydrogens is 341 g/mol. The number of carbonyl (C=O) groups is 2. The number of hydrogen-bond acceptors (Lipinski definition) is 4. The van der Waals surface area contributed by atoms with Crippen LogP contribution in [0.2, 0.25) is 0 Å². The van der Waals surface area contributed by atoms with Gasteiger partial charge in [-0.15, -0.1) is 0 Å². The van der Waals surface area contributed by atoms with Gasteiger partial charge < -0.3 is 21.9 Å². The number of benzene rings is 2. The van der Waals surface area contributed by atoms with Crippen molar-refractivity contribution in [1.82, 2.24) is 9.78 Å². The molecule has 0 aliphatic carbocycles. The summed E-state index contributed by atoms with van der Waals surface area (Å²) in [5.74, 6) is -1.42. The van der Waals surface area contributed by atoms with Crippen LogP contribution in [-0.4, -0.2) is 26.8 Å². The van der Waals surface area contributed by atoms with Crippen molar-refractivity contribution in [2.24, 2.45) is 11.5 Å². The van der Waals surface area contributed by atoms with Crippen LogP contribution in [0.1, 0.15) is 10.5 Å². The Labute approximate surface area is 146 Å². The van der Waals surface area contributed by atoms with Crippen LogP contribution in [0.5, 0.6) is 5.75 Å². The highest BCUT2D eigenvalue weighted by Crippen LogP contribution is 2.31. The highest BCUT2D eigenvalue weighted by molar-refractivity contribution is 6.00. The molecule has 3 rings (SSSR count). The van der Waals surface area contributed by atoms with Crippen LogP contribution in [0.4, 0.5) is 14.9 Å². The van der Waals surface area contributed by atoms with E-state index < -0.39 is 17.8 Å². The van der Waals surface area contributed by atoms with Crippen molar-refractivity contribution in [1.29, 1.82) is 0 Å². The zero-order valence-electron chi connectivity index (χ0n) is 13.3. The van der Waals surface area contributed by atoms with Crippen molar-refractivity contribution >= 4 is 17.6 Å². The number of halogens is 1. The predicted molar refractivity (Wildman–Crippen MR) is 92.3 cm³/mol. The fourth-order valence-electron chi connectivity index (χ4n) is 2.47. The van der Waals surface area contributed by atoms with E-state index in [0.717, 1.165) is 6.07 Å². The van der Waals surface area contributed by atoms with E-state index in [2.05, 4.69) is 10.4 Å². The second-order valence-corrected chi connectivity index (χ2v) is 5.40. The molecule has 0 aliphatic rings. The number of aromatic nitrogens is 2. The number of aromatic hydroxyl groups is 1. The molecule has 26 heavy (non-hydrogen) atoms. The van der Waals surface area contributed by atoms with E-state index in [0.29, 0.717) is 16.8 Å². The molecule has 0 spiro atoms. The van der Waals surface area contributed by atoms with Crippen LogP contribution in [-0.2, 0) is 0 Å². The van der Waals surface area contributed by atoms with Crippen molar-refractivity contribution in [3.05, 3.63) is 60.2 Å². The van der Waals surface area contributed by atoms with Gasteiger partial charge >= 0.3 is 6.03 Å². The van der Waals surface area contributed by atoms with Crippen LogP contribution in [0.25, 0.3) is 16.8 Å². The minimum Gasteiger partial charge on any atom is -0.507 e. The topological polar surface area (TPSA) is 136 Å². The van der Waals surface area contributed by atoms with Gasteiger partial charge in [0.15, 0.2) is 5.69 Å². The van der Waals surface area contributed by atoms with E-state index in [-0.39, 0.29) is 17.1 Å². The van der Waals surface area contributed by atoms with Gasteiger partial charge in [-0.25, -0.2) is 13.9 Å². The Morgan fingerprint density at radius 2 is 1.92 bits per heavy atom. The number of phenolic OH excluding ortho intramolecular Hbond substituents is 1. The quantitative estimate of drug-likeness (QED) is 0.569. The Kier molecular flexibility index (Phi) is 4.27. The Hall–Kier alpha value is -3.88. The van der Waals surface area contributed by atoms with Crippen LogP contribution in [0.3, 0.4) is 0 Å². The summed E-state index contributed by atoms with van der Waals surface area (Å²) in [6.07, 6.45) is 1.37. The molecule has 0 fully saturated rings. The maximum absolute atomic E-state index is 13.5. The van der Waals surface area contributed by atoms with Gasteiger partial charge in [-0.1, -0.05) is 12.1 Å². The summed E-state index contributed by atoms with van der Waals surface area (Å²) in [6, 6.07) is 9.38. The fourth-order valence-corrected chi connectivity index (χ4v) is 2.47. The fraction of sp³-hybridized carbons (Fsp3) is 0. The van der Waals surface area contributed by atoms with Crippen molar-refractivity contribution in [2.45, 2.75) is 0 Å². The van der Waals surface area contributed by atoms with Gasteiger partial charge in [0, 0.05) is 5.56 Å². The summed E-state index contributed by atoms with van der Waals surface area (Å²) in [5, 5.41) is 16.3. The molecule has 3 aromatic rings. The number of anilines is 1. The number of carbonyl (C=O) groups excluding carboxylic acids is 2. The maximum atomic E-state index is 13.5. The molecule has 2 aromatic carbocycles. The molecule has 132 valence electrons. The number of rotatable bonds is 4. The van der Waals surface area contributed by atoms with Crippen LogP contribution in [0.15, 0.2) is 48.7 Å². The lowest BCUT2D eigenvalue weighted by molar-refractivity contribution is 0.0996. The molecule has 8 nitrogen and oxygen atoms in total. The average Bonchev–Trinajstić information content (AvgIpc) is 3.00. The molecule has 0 aliphatic heterocycles. The minimum atomic E-state index is -0.870. The van der Waals surface area contributed by atoms with Gasteiger partial charge in [-0.05, 0) is 35.9 Å². The van der Waals surface area contributed by atoms with Crippen molar-refractivity contribution in [3.63, 3.8) is 0 Å². The monoisotopic (exact) mass is 355 g/mol. The SMILES string of the molecule is NC(=O)Nc1cn(-c2cccc(-c3cc(F)ccc3O)c2)nc1C(N)=O. The van der Waals surface area contributed by atoms with E-state index in [9.17, 15) is 19.1 Å². The lowest BCUT2D eigenvalue weighted by atomic mass is 10.0. The minimum absolute atomic E-state index is 0.0593. The molecule has 3 amide bonds. The molecule has 0 unspecified atom stereocenters. The van der Waals surface area contributed by atoms with Gasteiger partial charge in [-0.3, -0.25) is 4.79 Å². The molecule has 9 heteroatoms. The van der Waals surface area contributed by atoms with Crippen molar-refractivity contribution < 1.29 is 19.1 Å². The van der Waals surface area contributed by atoms with Crippen LogP contribution in [0, 0.1) is 5.82 Å². The number of nitrogens with zero attached hydrogens (tertiary/aromatic N) is 2. The number of urea groups is 1. The van der Waals surface area contributed by atoms with Crippen LogP contribution >= 0.6 is 0 Å². The van der Waals surface area contributed by atoms with Gasteiger partial charge in [-0.2, -0.15) is 5.10 Å². The normalized spacial score (nSPS) is 10.5. The summed E-state index contributed by atoms with van der Waals surface area (Å²) >= 11 is 0. The average molecular weight is 355 g/mol. The lowest BCUT2D eigenvalue weighted by Crippen LogP contribution is -2.22. The summed E-state index contributed by atoms with van der Waals surface area (Å²) < 4.78 is 14.8. The van der Waals surface area contributed by atoms with E-state index >= 15 is 0 Å². The standard InChI is InChI=1S/C17H14FN5O3/c18-10-4-5-14(24)12(7-10)9-2-1-3-11(6-9)23-8-13(21-17(20)26)15(22-23)16(19)25/h1-8,24H,(H2,19,25)(H3,20,21,26). The third-order valence-electron chi connectivity index (χ3n) is 3.59. The third kappa shape index (κ3) is 3.31. The molecule has 1 heterocycles. The third-order valence-corrected chi connectivity index (χ3v) is 3.59. The zero-order valence-corrected chi connectivity index (χ0v) is 13.3. The first-order valence-electron chi connectivity index (χ1n) is 7.40. The predicted octanol–water partition coefficient (Wildman–Crippen LogP) is 1.97. The molecule has 6 N–H and O–H groups in total. The smallest absolute Gasteiger partial charge is 0.316 e. The van der Waals surface area contributed by atoms with Gasteiger partial charge in [0.25, 0.3) is 5.91 Å². The first-order chi connectivity index (χ1) is 12.3. The summed E-state index contributed by atoms with van der Waals surface area (Å²) in [7, 11) is 0. The molecule has 0 saturated carbocycles. The number of nitrogens with two attached hydrogens (primary N) is 2. The first-order valence-corrected chi connectivity index (χ1v) is 7.40. The number of primary amides is 2. The lowest BCUT2D eigenvalue weighted by Gasteiger charge is -2.08. The highest BCUT2D eigenvalue weighted by atomic mass is 19.1. The summed E-state index contributed by atoms with van der Waals surface area (Å²) in [4.78, 5) is 22.6. The van der Waals surface area contributed by atoms with E-state index in [4.69, 9.17) is 11.5 Å². The molecular formula is C17H14FN5O3. The summed E-state index contributed by atoms with van der Waals surface area (Å²) in [5.41, 5.74) is 11.5. The van der Waals surface area contributed by atoms with E-state index in [1.54, 1.807) is 24.3 Å². The Balaban J connectivity index is 2.07. The Bertz CT molecular complexity index is 1020. The van der Waals surface area contributed by atoms with Crippen LogP contribution < -0.4 is 16.8 Å².